The van der Waals surface area contributed by atoms with Gasteiger partial charge in [0, 0.05) is 37.9 Å². The Morgan fingerprint density at radius 3 is 2.55 bits per heavy atom. The van der Waals surface area contributed by atoms with Crippen LogP contribution in [-0.2, 0) is 26.3 Å². The van der Waals surface area contributed by atoms with E-state index in [0.717, 1.165) is 64.9 Å². The summed E-state index contributed by atoms with van der Waals surface area (Å²) in [4.78, 5) is 23.4. The van der Waals surface area contributed by atoms with Crippen molar-refractivity contribution in [1.29, 1.82) is 0 Å². The zero-order valence-corrected chi connectivity index (χ0v) is 17.8. The lowest BCUT2D eigenvalue weighted by molar-refractivity contribution is -0.192. The highest BCUT2D eigenvalue weighted by atomic mass is 19.4. The van der Waals surface area contributed by atoms with Crippen molar-refractivity contribution in [1.82, 2.24) is 14.9 Å². The molecule has 3 aliphatic rings. The molecule has 3 aliphatic heterocycles. The van der Waals surface area contributed by atoms with E-state index in [1.54, 1.807) is 0 Å². The van der Waals surface area contributed by atoms with Crippen LogP contribution < -0.4 is 4.90 Å². The summed E-state index contributed by atoms with van der Waals surface area (Å²) in [6, 6.07) is 0. The molecule has 1 aromatic rings. The van der Waals surface area contributed by atoms with Crippen LogP contribution in [0.4, 0.5) is 19.1 Å². The minimum absolute atomic E-state index is 0.0481. The standard InChI is InChI=1S/C18H28N4O2.C2HF3O2/c1-14(2)10-21-4-3-18(12-21)13-24-11-15-9-19-17(20-16(15)18)22-5-7-23-8-6-22;3-2(4,5)1(6)7/h9,14H,3-8,10-13H2,1-2H3;(H,6,7). The van der Waals surface area contributed by atoms with E-state index in [1.165, 1.54) is 11.3 Å². The molecule has 1 unspecified atom stereocenters. The fourth-order valence-electron chi connectivity index (χ4n) is 4.24. The zero-order valence-electron chi connectivity index (χ0n) is 17.8. The second-order valence-corrected chi connectivity index (χ2v) is 8.60. The third-order valence-corrected chi connectivity index (χ3v) is 5.58. The molecule has 0 saturated carbocycles. The topological polar surface area (TPSA) is 88.0 Å². The first kappa shape index (κ1) is 23.7. The van der Waals surface area contributed by atoms with Crippen molar-refractivity contribution in [2.24, 2.45) is 5.92 Å². The summed E-state index contributed by atoms with van der Waals surface area (Å²) in [5.41, 5.74) is 2.45. The molecule has 1 spiro atoms. The molecule has 0 amide bonds. The van der Waals surface area contributed by atoms with Gasteiger partial charge in [0.25, 0.3) is 0 Å². The normalized spacial score (nSPS) is 24.1. The molecule has 2 saturated heterocycles. The Morgan fingerprint density at radius 1 is 1.26 bits per heavy atom. The van der Waals surface area contributed by atoms with E-state index in [0.29, 0.717) is 12.5 Å². The molecule has 11 heteroatoms. The molecule has 31 heavy (non-hydrogen) atoms. The third-order valence-electron chi connectivity index (χ3n) is 5.58. The summed E-state index contributed by atoms with van der Waals surface area (Å²) in [5.74, 6) is -1.20. The van der Waals surface area contributed by atoms with E-state index in [2.05, 4.69) is 28.6 Å². The third kappa shape index (κ3) is 5.83. The lowest BCUT2D eigenvalue weighted by Crippen LogP contribution is -2.42. The van der Waals surface area contributed by atoms with Gasteiger partial charge in [0.05, 0.1) is 37.5 Å². The Hall–Kier alpha value is -1.98. The van der Waals surface area contributed by atoms with Crippen LogP contribution in [0.5, 0.6) is 0 Å². The maximum atomic E-state index is 10.6. The Labute approximate surface area is 179 Å². The number of alkyl halides is 3. The van der Waals surface area contributed by atoms with Gasteiger partial charge in [-0.3, -0.25) is 0 Å². The molecule has 4 rings (SSSR count). The molecular formula is C20H29F3N4O4. The van der Waals surface area contributed by atoms with Gasteiger partial charge in [-0.05, 0) is 18.9 Å². The number of anilines is 1. The minimum Gasteiger partial charge on any atom is -0.475 e. The van der Waals surface area contributed by atoms with Crippen molar-refractivity contribution in [3.05, 3.63) is 17.5 Å². The van der Waals surface area contributed by atoms with Crippen molar-refractivity contribution in [2.45, 2.75) is 38.5 Å². The van der Waals surface area contributed by atoms with Crippen molar-refractivity contribution in [2.75, 3.05) is 57.4 Å². The number of carboxylic acids is 1. The summed E-state index contributed by atoms with van der Waals surface area (Å²) in [5, 5.41) is 7.12. The highest BCUT2D eigenvalue weighted by Crippen LogP contribution is 2.39. The van der Waals surface area contributed by atoms with Crippen molar-refractivity contribution in [3.8, 4) is 0 Å². The number of nitrogens with zero attached hydrogens (tertiary/aromatic N) is 4. The van der Waals surface area contributed by atoms with Gasteiger partial charge in [0.2, 0.25) is 5.95 Å². The number of halogens is 3. The summed E-state index contributed by atoms with van der Waals surface area (Å²) in [6.07, 6.45) is -1.97. The van der Waals surface area contributed by atoms with Gasteiger partial charge >= 0.3 is 12.1 Å². The van der Waals surface area contributed by atoms with E-state index in [9.17, 15) is 13.2 Å². The van der Waals surface area contributed by atoms with Gasteiger partial charge in [-0.25, -0.2) is 14.8 Å². The molecule has 174 valence electrons. The molecule has 4 heterocycles. The minimum atomic E-state index is -5.08. The summed E-state index contributed by atoms with van der Waals surface area (Å²) >= 11 is 0. The molecule has 0 bridgehead atoms. The van der Waals surface area contributed by atoms with E-state index < -0.39 is 12.1 Å². The van der Waals surface area contributed by atoms with Crippen molar-refractivity contribution in [3.63, 3.8) is 0 Å². The smallest absolute Gasteiger partial charge is 0.475 e. The average molecular weight is 446 g/mol. The second-order valence-electron chi connectivity index (χ2n) is 8.60. The number of hydrogen-bond acceptors (Lipinski definition) is 7. The van der Waals surface area contributed by atoms with Crippen LogP contribution in [-0.4, -0.2) is 84.7 Å². The van der Waals surface area contributed by atoms with Gasteiger partial charge in [-0.15, -0.1) is 0 Å². The molecule has 8 nitrogen and oxygen atoms in total. The number of rotatable bonds is 3. The SMILES string of the molecule is CC(C)CN1CCC2(COCc3cnc(N4CCOCC4)nc32)C1.O=C(O)C(F)(F)F. The lowest BCUT2D eigenvalue weighted by atomic mass is 9.80. The Morgan fingerprint density at radius 2 is 1.94 bits per heavy atom. The van der Waals surface area contributed by atoms with Gasteiger partial charge in [0.15, 0.2) is 0 Å². The largest absolute Gasteiger partial charge is 0.490 e. The van der Waals surface area contributed by atoms with Gasteiger partial charge in [-0.1, -0.05) is 13.8 Å². The number of morpholine rings is 1. The monoisotopic (exact) mass is 446 g/mol. The fraction of sp³-hybridized carbons (Fsp3) is 0.750. The predicted octanol–water partition coefficient (Wildman–Crippen LogP) is 2.08. The van der Waals surface area contributed by atoms with E-state index >= 15 is 0 Å². The lowest BCUT2D eigenvalue weighted by Gasteiger charge is -2.36. The van der Waals surface area contributed by atoms with E-state index in [4.69, 9.17) is 24.4 Å². The van der Waals surface area contributed by atoms with Crippen LogP contribution >= 0.6 is 0 Å². The second kappa shape index (κ2) is 9.66. The zero-order chi connectivity index (χ0) is 22.6. The maximum Gasteiger partial charge on any atom is 0.490 e. The number of aromatic nitrogens is 2. The molecule has 1 aromatic heterocycles. The van der Waals surface area contributed by atoms with Crippen LogP contribution in [0.1, 0.15) is 31.5 Å². The summed E-state index contributed by atoms with van der Waals surface area (Å²) < 4.78 is 43.1. The van der Waals surface area contributed by atoms with Crippen LogP contribution in [0.25, 0.3) is 0 Å². The number of hydrogen-bond donors (Lipinski definition) is 1. The number of carboxylic acid groups (broad SMARTS) is 1. The van der Waals surface area contributed by atoms with Gasteiger partial charge < -0.3 is 24.4 Å². The molecule has 1 atom stereocenters. The first-order chi connectivity index (χ1) is 14.6. The van der Waals surface area contributed by atoms with Crippen LogP contribution in [0, 0.1) is 5.92 Å². The van der Waals surface area contributed by atoms with Crippen molar-refractivity contribution < 1.29 is 32.5 Å². The molecule has 0 radical (unpaired) electrons. The highest BCUT2D eigenvalue weighted by molar-refractivity contribution is 5.73. The van der Waals surface area contributed by atoms with Crippen LogP contribution in [0.3, 0.4) is 0 Å². The van der Waals surface area contributed by atoms with Gasteiger partial charge in [0.1, 0.15) is 0 Å². The van der Waals surface area contributed by atoms with E-state index in [-0.39, 0.29) is 5.41 Å². The Balaban J connectivity index is 0.000000339. The van der Waals surface area contributed by atoms with Gasteiger partial charge in [-0.2, -0.15) is 13.2 Å². The number of ether oxygens (including phenoxy) is 2. The van der Waals surface area contributed by atoms with Crippen molar-refractivity contribution >= 4 is 11.9 Å². The molecule has 0 aliphatic carbocycles. The molecule has 0 aromatic carbocycles. The maximum absolute atomic E-state index is 10.6. The molecule has 2 fully saturated rings. The van der Waals surface area contributed by atoms with Crippen LogP contribution in [0.2, 0.25) is 0 Å². The number of aliphatic carboxylic acids is 1. The molecule has 1 N–H and O–H groups in total. The highest BCUT2D eigenvalue weighted by Gasteiger charge is 2.45. The van der Waals surface area contributed by atoms with E-state index in [1.807, 2.05) is 6.20 Å². The summed E-state index contributed by atoms with van der Waals surface area (Å²) in [7, 11) is 0. The summed E-state index contributed by atoms with van der Waals surface area (Å²) in [6.45, 7) is 12.6. The average Bonchev–Trinajstić information content (AvgIpc) is 3.11. The Kier molecular flexibility index (Phi) is 7.38. The predicted molar refractivity (Wildman–Crippen MR) is 106 cm³/mol. The number of carbonyl (C=O) groups is 1. The Bertz CT molecular complexity index is 771. The number of fused-ring (bicyclic) bond motifs is 2. The molecular weight excluding hydrogens is 417 g/mol. The first-order valence-electron chi connectivity index (χ1n) is 10.4. The number of likely N-dealkylation sites (tertiary alicyclic amines) is 1. The first-order valence-corrected chi connectivity index (χ1v) is 10.4. The fourth-order valence-corrected chi connectivity index (χ4v) is 4.24. The quantitative estimate of drug-likeness (QED) is 0.755. The van der Waals surface area contributed by atoms with Crippen LogP contribution in [0.15, 0.2) is 6.20 Å².